The van der Waals surface area contributed by atoms with E-state index in [0.29, 0.717) is 60.9 Å². The Morgan fingerprint density at radius 1 is 0.895 bits per heavy atom. The highest BCUT2D eigenvalue weighted by molar-refractivity contribution is 6.30. The fraction of sp³-hybridized carbons (Fsp3) is 0.464. The molecule has 1 atom stereocenters. The Bertz CT molecular complexity index is 1190. The zero-order chi connectivity index (χ0) is 26.9. The summed E-state index contributed by atoms with van der Waals surface area (Å²) in [6, 6.07) is 13.1. The third-order valence-electron chi connectivity index (χ3n) is 7.82. The first kappa shape index (κ1) is 26.5. The van der Waals surface area contributed by atoms with E-state index in [4.69, 9.17) is 21.1 Å². The first-order chi connectivity index (χ1) is 18.3. The molecule has 3 aliphatic rings. The molecule has 2 aromatic rings. The highest BCUT2D eigenvalue weighted by Crippen LogP contribution is 2.39. The Kier molecular flexibility index (Phi) is 7.61. The summed E-state index contributed by atoms with van der Waals surface area (Å²) in [5, 5.41) is 0.505. The first-order valence-electron chi connectivity index (χ1n) is 13.0. The van der Waals surface area contributed by atoms with E-state index in [1.54, 1.807) is 65.4 Å². The molecule has 2 aromatic carbocycles. The minimum Gasteiger partial charge on any atom is -0.497 e. The van der Waals surface area contributed by atoms with E-state index in [9.17, 15) is 14.4 Å². The molecule has 0 N–H and O–H groups in total. The fourth-order valence-corrected chi connectivity index (χ4v) is 5.72. The maximum atomic E-state index is 14.0. The summed E-state index contributed by atoms with van der Waals surface area (Å²) in [5.41, 5.74) is 0.0223. The van der Waals surface area contributed by atoms with Crippen LogP contribution in [0.25, 0.3) is 0 Å². The first-order valence-corrected chi connectivity index (χ1v) is 13.3. The Hall–Kier alpha value is -3.14. The van der Waals surface area contributed by atoms with Crippen LogP contribution in [-0.2, 0) is 9.53 Å². The number of rotatable bonds is 4. The van der Waals surface area contributed by atoms with Crippen LogP contribution >= 0.6 is 11.6 Å². The van der Waals surface area contributed by atoms with Crippen LogP contribution in [0.15, 0.2) is 48.5 Å². The van der Waals surface area contributed by atoms with Crippen molar-refractivity contribution in [3.8, 4) is 5.75 Å². The van der Waals surface area contributed by atoms with Gasteiger partial charge in [0, 0.05) is 68.3 Å². The van der Waals surface area contributed by atoms with Gasteiger partial charge in [0.1, 0.15) is 17.5 Å². The molecule has 202 valence electrons. The SMILES string of the molecule is COc1ccc(C(=O)N2[C@@H](C(=O)N3CCN(C)CC3)COC23CCN(C(=O)c2cccc(Cl)c2)CC3)cc1. The van der Waals surface area contributed by atoms with Gasteiger partial charge in [0.05, 0.1) is 13.7 Å². The number of methoxy groups -OCH3 is 1. The lowest BCUT2D eigenvalue weighted by atomic mass is 9.96. The lowest BCUT2D eigenvalue weighted by Gasteiger charge is -2.45. The predicted molar refractivity (Wildman–Crippen MR) is 142 cm³/mol. The fourth-order valence-electron chi connectivity index (χ4n) is 5.53. The van der Waals surface area contributed by atoms with Crippen molar-refractivity contribution in [3.63, 3.8) is 0 Å². The highest BCUT2D eigenvalue weighted by atomic mass is 35.5. The van der Waals surface area contributed by atoms with Gasteiger partial charge in [0.2, 0.25) is 5.91 Å². The number of halogens is 1. The van der Waals surface area contributed by atoms with Crippen LogP contribution in [0.4, 0.5) is 0 Å². The molecule has 3 fully saturated rings. The number of likely N-dealkylation sites (N-methyl/N-ethyl adjacent to an activating group) is 1. The van der Waals surface area contributed by atoms with Crippen LogP contribution in [0.3, 0.4) is 0 Å². The maximum absolute atomic E-state index is 14.0. The van der Waals surface area contributed by atoms with Crippen LogP contribution in [0.5, 0.6) is 5.75 Å². The molecule has 0 aliphatic carbocycles. The van der Waals surface area contributed by atoms with E-state index in [-0.39, 0.29) is 24.3 Å². The third kappa shape index (κ3) is 5.10. The zero-order valence-corrected chi connectivity index (χ0v) is 22.5. The van der Waals surface area contributed by atoms with E-state index in [1.165, 1.54) is 0 Å². The molecule has 9 nitrogen and oxygen atoms in total. The summed E-state index contributed by atoms with van der Waals surface area (Å²) >= 11 is 6.09. The van der Waals surface area contributed by atoms with Gasteiger partial charge in [-0.1, -0.05) is 17.7 Å². The Morgan fingerprint density at radius 2 is 1.58 bits per heavy atom. The van der Waals surface area contributed by atoms with Crippen molar-refractivity contribution in [2.24, 2.45) is 0 Å². The lowest BCUT2D eigenvalue weighted by molar-refractivity contribution is -0.139. The number of hydrogen-bond donors (Lipinski definition) is 0. The quantitative estimate of drug-likeness (QED) is 0.593. The van der Waals surface area contributed by atoms with Gasteiger partial charge >= 0.3 is 0 Å². The summed E-state index contributed by atoms with van der Waals surface area (Å²) in [4.78, 5) is 48.2. The van der Waals surface area contributed by atoms with Gasteiger partial charge in [0.25, 0.3) is 11.8 Å². The molecular formula is C28H33ClN4O5. The molecule has 1 spiro atoms. The lowest BCUT2D eigenvalue weighted by Crippen LogP contribution is -2.61. The Balaban J connectivity index is 1.39. The van der Waals surface area contributed by atoms with Gasteiger partial charge in [-0.05, 0) is 49.5 Å². The van der Waals surface area contributed by atoms with Gasteiger partial charge in [-0.15, -0.1) is 0 Å². The molecule has 3 aliphatic heterocycles. The van der Waals surface area contributed by atoms with E-state index < -0.39 is 11.8 Å². The third-order valence-corrected chi connectivity index (χ3v) is 8.05. The van der Waals surface area contributed by atoms with E-state index >= 15 is 0 Å². The van der Waals surface area contributed by atoms with Crippen molar-refractivity contribution in [3.05, 3.63) is 64.7 Å². The second kappa shape index (κ2) is 10.9. The molecule has 5 rings (SSSR count). The topological polar surface area (TPSA) is 82.6 Å². The second-order valence-corrected chi connectivity index (χ2v) is 10.5. The van der Waals surface area contributed by atoms with Gasteiger partial charge in [-0.2, -0.15) is 0 Å². The van der Waals surface area contributed by atoms with Crippen molar-refractivity contribution in [1.82, 2.24) is 19.6 Å². The number of hydrogen-bond acceptors (Lipinski definition) is 6. The molecule has 0 bridgehead atoms. The molecule has 38 heavy (non-hydrogen) atoms. The summed E-state index contributed by atoms with van der Waals surface area (Å²) in [7, 11) is 3.61. The number of amides is 3. The number of ether oxygens (including phenoxy) is 2. The van der Waals surface area contributed by atoms with Crippen molar-refractivity contribution in [2.75, 3.05) is 60.0 Å². The van der Waals surface area contributed by atoms with Crippen LogP contribution in [0.1, 0.15) is 33.6 Å². The average Bonchev–Trinajstić information content (AvgIpc) is 3.31. The van der Waals surface area contributed by atoms with Crippen molar-refractivity contribution in [2.45, 2.75) is 24.6 Å². The van der Waals surface area contributed by atoms with E-state index in [1.807, 2.05) is 11.9 Å². The van der Waals surface area contributed by atoms with E-state index in [2.05, 4.69) is 4.90 Å². The molecular weight excluding hydrogens is 508 g/mol. The largest absolute Gasteiger partial charge is 0.497 e. The minimum atomic E-state index is -0.963. The smallest absolute Gasteiger partial charge is 0.256 e. The van der Waals surface area contributed by atoms with Gasteiger partial charge < -0.3 is 24.2 Å². The number of nitrogens with zero attached hydrogens (tertiary/aromatic N) is 4. The molecule has 0 unspecified atom stereocenters. The monoisotopic (exact) mass is 540 g/mol. The summed E-state index contributed by atoms with van der Waals surface area (Å²) in [6.07, 6.45) is 0.821. The maximum Gasteiger partial charge on any atom is 0.256 e. The normalized spacial score (nSPS) is 21.6. The summed E-state index contributed by atoms with van der Waals surface area (Å²) in [5.74, 6) is 0.187. The van der Waals surface area contributed by atoms with Crippen molar-refractivity contribution in [1.29, 1.82) is 0 Å². The Labute approximate surface area is 227 Å². The summed E-state index contributed by atoms with van der Waals surface area (Å²) in [6.45, 7) is 3.74. The Morgan fingerprint density at radius 3 is 2.21 bits per heavy atom. The molecule has 10 heteroatoms. The average molecular weight is 541 g/mol. The predicted octanol–water partition coefficient (Wildman–Crippen LogP) is 2.60. The molecule has 3 heterocycles. The van der Waals surface area contributed by atoms with Crippen molar-refractivity contribution >= 4 is 29.3 Å². The molecule has 0 radical (unpaired) electrons. The number of carbonyl (C=O) groups is 3. The van der Waals surface area contributed by atoms with E-state index in [0.717, 1.165) is 13.1 Å². The van der Waals surface area contributed by atoms with Gasteiger partial charge in [-0.3, -0.25) is 19.3 Å². The van der Waals surface area contributed by atoms with Gasteiger partial charge in [-0.25, -0.2) is 0 Å². The summed E-state index contributed by atoms with van der Waals surface area (Å²) < 4.78 is 11.6. The molecule has 3 amide bonds. The standard InChI is InChI=1S/C28H33ClN4O5/c1-30-14-16-32(17-15-30)27(36)24-19-38-28(33(24)26(35)20-6-8-23(37-2)9-7-20)10-12-31(13-11-28)25(34)21-4-3-5-22(29)18-21/h3-9,18,24H,10-17,19H2,1-2H3/t24-/m1/s1. The number of piperidine rings is 1. The zero-order valence-electron chi connectivity index (χ0n) is 21.8. The highest BCUT2D eigenvalue weighted by Gasteiger charge is 2.55. The van der Waals surface area contributed by atoms with Crippen molar-refractivity contribution < 1.29 is 23.9 Å². The molecule has 0 aromatic heterocycles. The number of likely N-dealkylation sites (tertiary alicyclic amines) is 1. The van der Waals surface area contributed by atoms with Crippen LogP contribution < -0.4 is 4.74 Å². The van der Waals surface area contributed by atoms with Crippen LogP contribution in [0.2, 0.25) is 5.02 Å². The molecule has 3 saturated heterocycles. The van der Waals surface area contributed by atoms with Crippen LogP contribution in [0, 0.1) is 0 Å². The number of piperazine rings is 1. The number of carbonyl (C=O) groups excluding carboxylic acids is 3. The number of benzene rings is 2. The van der Waals surface area contributed by atoms with Crippen LogP contribution in [-0.4, -0.2) is 109 Å². The molecule has 0 saturated carbocycles. The minimum absolute atomic E-state index is 0.0886. The van der Waals surface area contributed by atoms with Gasteiger partial charge in [0.15, 0.2) is 0 Å². The second-order valence-electron chi connectivity index (χ2n) is 10.1.